The molecule has 0 aliphatic heterocycles. The number of para-hydroxylation sites is 1. The van der Waals surface area contributed by atoms with Crippen molar-refractivity contribution in [3.8, 4) is 11.1 Å². The summed E-state index contributed by atoms with van der Waals surface area (Å²) in [6.07, 6.45) is 0. The van der Waals surface area contributed by atoms with E-state index in [1.165, 1.54) is 11.5 Å². The van der Waals surface area contributed by atoms with Gasteiger partial charge in [-0.2, -0.15) is 0 Å². The fourth-order valence-corrected chi connectivity index (χ4v) is 3.29. The molecule has 0 aliphatic carbocycles. The van der Waals surface area contributed by atoms with Crippen LogP contribution in [0.15, 0.2) is 65.5 Å². The Morgan fingerprint density at radius 1 is 1.00 bits per heavy atom. The van der Waals surface area contributed by atoms with E-state index >= 15 is 0 Å². The van der Waals surface area contributed by atoms with Crippen LogP contribution in [0.3, 0.4) is 0 Å². The second-order valence-corrected chi connectivity index (χ2v) is 5.84. The molecule has 2 heterocycles. The highest BCUT2D eigenvalue weighted by molar-refractivity contribution is 6.05. The van der Waals surface area contributed by atoms with Crippen LogP contribution in [0.4, 0.5) is 0 Å². The van der Waals surface area contributed by atoms with Crippen LogP contribution in [0.5, 0.6) is 0 Å². The van der Waals surface area contributed by atoms with Crippen LogP contribution < -0.4 is 5.69 Å². The minimum atomic E-state index is -0.537. The zero-order valence-corrected chi connectivity index (χ0v) is 13.9. The Hall–Kier alpha value is -3.34. The first-order valence-corrected chi connectivity index (χ1v) is 7.90. The number of fused-ring (bicyclic) bond motifs is 3. The van der Waals surface area contributed by atoms with Gasteiger partial charge in [-0.05, 0) is 17.7 Å². The fourth-order valence-electron chi connectivity index (χ4n) is 3.29. The van der Waals surface area contributed by atoms with Crippen molar-refractivity contribution in [3.05, 3.63) is 76.8 Å². The fraction of sp³-hybridized carbons (Fsp3) is 0.100. The van der Waals surface area contributed by atoms with Gasteiger partial charge in [-0.15, -0.1) is 0 Å². The van der Waals surface area contributed by atoms with E-state index in [9.17, 15) is 9.59 Å². The Morgan fingerprint density at radius 3 is 2.40 bits per heavy atom. The van der Waals surface area contributed by atoms with Gasteiger partial charge in [-0.25, -0.2) is 9.59 Å². The molecule has 0 spiro atoms. The Bertz CT molecular complexity index is 1170. The van der Waals surface area contributed by atoms with E-state index in [1.54, 1.807) is 17.7 Å². The Kier molecular flexibility index (Phi) is 3.42. The van der Waals surface area contributed by atoms with E-state index in [1.807, 2.05) is 54.6 Å². The van der Waals surface area contributed by atoms with Crippen LogP contribution in [0, 0.1) is 0 Å². The van der Waals surface area contributed by atoms with Gasteiger partial charge in [0.15, 0.2) is 0 Å². The first kappa shape index (κ1) is 15.2. The number of carbonyl (C=O) groups is 1. The molecule has 0 N–H and O–H groups in total. The normalized spacial score (nSPS) is 11.1. The molecule has 0 radical (unpaired) electrons. The third kappa shape index (κ3) is 2.16. The number of esters is 1. The molecule has 4 rings (SSSR count). The maximum atomic E-state index is 12.9. The van der Waals surface area contributed by atoms with E-state index in [2.05, 4.69) is 0 Å². The summed E-state index contributed by atoms with van der Waals surface area (Å²) in [7, 11) is 3.02. The molecule has 0 fully saturated rings. The van der Waals surface area contributed by atoms with Crippen molar-refractivity contribution >= 4 is 22.4 Å². The predicted octanol–water partition coefficient (Wildman–Crippen LogP) is 3.24. The van der Waals surface area contributed by atoms with Crippen molar-refractivity contribution < 1.29 is 9.53 Å². The molecule has 0 amide bonds. The summed E-state index contributed by atoms with van der Waals surface area (Å²) in [5, 5.41) is 0.901. The Balaban J connectivity index is 2.28. The maximum Gasteiger partial charge on any atom is 0.355 e. The lowest BCUT2D eigenvalue weighted by Crippen LogP contribution is -2.27. The number of aryl methyl sites for hydroxylation is 1. The average Bonchev–Trinajstić information content (AvgIpc) is 3.07. The van der Waals surface area contributed by atoms with Crippen LogP contribution in [0.1, 0.15) is 10.5 Å². The summed E-state index contributed by atoms with van der Waals surface area (Å²) >= 11 is 0. The number of carbonyl (C=O) groups excluding carboxylic acids is 1. The molecule has 2 aromatic heterocycles. The Labute approximate surface area is 143 Å². The summed E-state index contributed by atoms with van der Waals surface area (Å²) in [6.45, 7) is 0. The van der Waals surface area contributed by atoms with Gasteiger partial charge in [0.25, 0.3) is 0 Å². The molecule has 124 valence electrons. The molecule has 0 unspecified atom stereocenters. The highest BCUT2D eigenvalue weighted by atomic mass is 16.5. The first-order valence-electron chi connectivity index (χ1n) is 7.90. The van der Waals surface area contributed by atoms with E-state index in [-0.39, 0.29) is 11.4 Å². The number of ether oxygens (including phenoxy) is 1. The number of benzene rings is 2. The van der Waals surface area contributed by atoms with E-state index in [0.29, 0.717) is 5.52 Å². The second kappa shape index (κ2) is 5.63. The molecular weight excluding hydrogens is 316 g/mol. The molecular formula is C20H16N2O3. The lowest BCUT2D eigenvalue weighted by molar-refractivity contribution is 0.0592. The molecule has 2 aromatic carbocycles. The predicted molar refractivity (Wildman–Crippen MR) is 96.9 cm³/mol. The number of hydrogen-bond donors (Lipinski definition) is 0. The summed E-state index contributed by atoms with van der Waals surface area (Å²) in [5.41, 5.74) is 3.24. The van der Waals surface area contributed by atoms with Gasteiger partial charge in [0.05, 0.1) is 18.1 Å². The van der Waals surface area contributed by atoms with Gasteiger partial charge in [0.2, 0.25) is 0 Å². The SMILES string of the molecule is COC(=O)c1cc(-c2ccccc2)c2c3ccccc3n(C)c(=O)n12. The molecule has 5 heteroatoms. The second-order valence-electron chi connectivity index (χ2n) is 5.84. The quantitative estimate of drug-likeness (QED) is 0.530. The van der Waals surface area contributed by atoms with Crippen LogP contribution in [-0.2, 0) is 11.8 Å². The highest BCUT2D eigenvalue weighted by Crippen LogP contribution is 2.32. The minimum Gasteiger partial charge on any atom is -0.464 e. The monoisotopic (exact) mass is 332 g/mol. The number of hydrogen-bond acceptors (Lipinski definition) is 3. The molecule has 0 saturated carbocycles. The summed E-state index contributed by atoms with van der Waals surface area (Å²) in [6, 6.07) is 19.1. The van der Waals surface area contributed by atoms with Crippen molar-refractivity contribution in [3.63, 3.8) is 0 Å². The number of rotatable bonds is 2. The summed E-state index contributed by atoms with van der Waals surface area (Å²) < 4.78 is 7.88. The third-order valence-electron chi connectivity index (χ3n) is 4.48. The molecule has 25 heavy (non-hydrogen) atoms. The largest absolute Gasteiger partial charge is 0.464 e. The molecule has 4 aromatic rings. The van der Waals surface area contributed by atoms with Gasteiger partial charge in [0.1, 0.15) is 5.69 Å². The van der Waals surface area contributed by atoms with Gasteiger partial charge in [-0.3, -0.25) is 8.97 Å². The van der Waals surface area contributed by atoms with Crippen LogP contribution in [0.25, 0.3) is 27.5 Å². The van der Waals surface area contributed by atoms with Gasteiger partial charge >= 0.3 is 11.7 Å². The highest BCUT2D eigenvalue weighted by Gasteiger charge is 2.22. The molecule has 0 bridgehead atoms. The van der Waals surface area contributed by atoms with E-state index < -0.39 is 5.97 Å². The van der Waals surface area contributed by atoms with E-state index in [0.717, 1.165) is 22.0 Å². The van der Waals surface area contributed by atoms with Gasteiger partial charge in [-0.1, -0.05) is 48.5 Å². The van der Waals surface area contributed by atoms with E-state index in [4.69, 9.17) is 4.74 Å². The van der Waals surface area contributed by atoms with Gasteiger partial charge in [0, 0.05) is 18.0 Å². The summed E-state index contributed by atoms with van der Waals surface area (Å²) in [4.78, 5) is 25.2. The molecule has 0 aliphatic rings. The number of aromatic nitrogens is 2. The lowest BCUT2D eigenvalue weighted by Gasteiger charge is -2.10. The van der Waals surface area contributed by atoms with Crippen molar-refractivity contribution in [1.82, 2.24) is 8.97 Å². The molecule has 0 atom stereocenters. The van der Waals surface area contributed by atoms with Crippen LogP contribution >= 0.6 is 0 Å². The topological polar surface area (TPSA) is 52.7 Å². The zero-order valence-electron chi connectivity index (χ0n) is 13.9. The zero-order chi connectivity index (χ0) is 17.6. The smallest absolute Gasteiger partial charge is 0.355 e. The summed E-state index contributed by atoms with van der Waals surface area (Å²) in [5.74, 6) is -0.537. The third-order valence-corrected chi connectivity index (χ3v) is 4.48. The first-order chi connectivity index (χ1) is 12.1. The molecule has 0 saturated heterocycles. The van der Waals surface area contributed by atoms with Gasteiger partial charge < -0.3 is 4.74 Å². The Morgan fingerprint density at radius 2 is 1.68 bits per heavy atom. The number of nitrogens with zero attached hydrogens (tertiary/aromatic N) is 2. The minimum absolute atomic E-state index is 0.225. The number of methoxy groups -OCH3 is 1. The van der Waals surface area contributed by atoms with Crippen LogP contribution in [0.2, 0.25) is 0 Å². The van der Waals surface area contributed by atoms with Crippen molar-refractivity contribution in [2.24, 2.45) is 7.05 Å². The van der Waals surface area contributed by atoms with Crippen molar-refractivity contribution in [2.45, 2.75) is 0 Å². The lowest BCUT2D eigenvalue weighted by atomic mass is 10.0. The molecule has 5 nitrogen and oxygen atoms in total. The average molecular weight is 332 g/mol. The van der Waals surface area contributed by atoms with Crippen molar-refractivity contribution in [1.29, 1.82) is 0 Å². The standard InChI is InChI=1S/C20H16N2O3/c1-21-16-11-7-6-10-14(16)18-15(13-8-4-3-5-9-13)12-17(19(23)25-2)22(18)20(21)24/h3-12H,1-2H3. The van der Waals surface area contributed by atoms with Crippen LogP contribution in [-0.4, -0.2) is 22.0 Å². The maximum absolute atomic E-state index is 12.9. The van der Waals surface area contributed by atoms with Crippen molar-refractivity contribution in [2.75, 3.05) is 7.11 Å².